The Kier molecular flexibility index (Phi) is 45.0. The number of nitrogens with zero attached hydrogens (tertiary/aromatic N) is 4. The summed E-state index contributed by atoms with van der Waals surface area (Å²) in [6.45, 7) is 5.64. The van der Waals surface area contributed by atoms with Gasteiger partial charge in [-0.15, -0.1) is 0 Å². The van der Waals surface area contributed by atoms with Gasteiger partial charge >= 0.3 is 11.9 Å². The first kappa shape index (κ1) is 65.4. The Morgan fingerprint density at radius 2 is 0.657 bits per heavy atom. The number of nitrogens with one attached hydrogen (secondary N) is 2. The summed E-state index contributed by atoms with van der Waals surface area (Å²) >= 11 is 11.7. The first-order valence-corrected chi connectivity index (χ1v) is 27.4. The van der Waals surface area contributed by atoms with Gasteiger partial charge in [0.15, 0.2) is 0 Å². The minimum absolute atomic E-state index is 0.124. The molecule has 0 saturated carbocycles. The van der Waals surface area contributed by atoms with Crippen molar-refractivity contribution in [1.82, 2.24) is 0 Å². The van der Waals surface area contributed by atoms with Gasteiger partial charge in [-0.25, -0.2) is 0 Å². The SMILES string of the molecule is CCCCCCCCCCCCCCCC(=O)O.CCCCCCCCCCCCCCCC(=O)O.NC(=NCCCCCCN=C(N)/N=C(\N)Nc1ccc(Cl)cc1)/N=C(\N)Nc1ccc(Cl)cc1. The maximum absolute atomic E-state index is 10.3. The van der Waals surface area contributed by atoms with Crippen molar-refractivity contribution in [3.63, 3.8) is 0 Å². The molecule has 0 aliphatic rings. The van der Waals surface area contributed by atoms with Crippen molar-refractivity contribution in [2.45, 2.75) is 219 Å². The van der Waals surface area contributed by atoms with Crippen LogP contribution >= 0.6 is 23.2 Å². The van der Waals surface area contributed by atoms with Crippen LogP contribution in [0.1, 0.15) is 219 Å². The summed E-state index contributed by atoms with van der Waals surface area (Å²) in [6.07, 6.45) is 38.2. The van der Waals surface area contributed by atoms with Gasteiger partial charge in [0.1, 0.15) is 0 Å². The molecule has 2 aromatic rings. The van der Waals surface area contributed by atoms with Crippen LogP contribution in [0.25, 0.3) is 0 Å². The Labute approximate surface area is 432 Å². The second-order valence-electron chi connectivity index (χ2n) is 17.9. The van der Waals surface area contributed by atoms with E-state index in [1.54, 1.807) is 48.5 Å². The van der Waals surface area contributed by atoms with E-state index in [1.807, 2.05) is 0 Å². The molecule has 0 fully saturated rings. The number of nitrogens with two attached hydrogens (primary N) is 4. The predicted molar refractivity (Wildman–Crippen MR) is 301 cm³/mol. The largest absolute Gasteiger partial charge is 0.481 e. The number of anilines is 2. The summed E-state index contributed by atoms with van der Waals surface area (Å²) in [7, 11) is 0. The highest BCUT2D eigenvalue weighted by atomic mass is 35.5. The third-order valence-electron chi connectivity index (χ3n) is 11.3. The second kappa shape index (κ2) is 48.1. The van der Waals surface area contributed by atoms with Crippen LogP contribution in [0.3, 0.4) is 0 Å². The van der Waals surface area contributed by atoms with E-state index in [-0.39, 0.29) is 23.8 Å². The average molecular weight is 1020 g/mol. The minimum atomic E-state index is -0.655. The lowest BCUT2D eigenvalue weighted by Gasteiger charge is -2.05. The van der Waals surface area contributed by atoms with Crippen LogP contribution in [0.15, 0.2) is 68.5 Å². The highest BCUT2D eigenvalue weighted by Crippen LogP contribution is 2.16. The highest BCUT2D eigenvalue weighted by Gasteiger charge is 2.01. The van der Waals surface area contributed by atoms with Gasteiger partial charge in [0.2, 0.25) is 23.8 Å². The highest BCUT2D eigenvalue weighted by molar-refractivity contribution is 6.31. The smallest absolute Gasteiger partial charge is 0.303 e. The molecule has 0 bridgehead atoms. The van der Waals surface area contributed by atoms with Gasteiger partial charge in [0, 0.05) is 47.4 Å². The quantitative estimate of drug-likeness (QED) is 0.0180. The van der Waals surface area contributed by atoms with E-state index < -0.39 is 11.9 Å². The molecule has 14 nitrogen and oxygen atoms in total. The topological polar surface area (TPSA) is 252 Å². The third-order valence-corrected chi connectivity index (χ3v) is 11.8. The van der Waals surface area contributed by atoms with Crippen molar-refractivity contribution in [3.8, 4) is 0 Å². The number of unbranched alkanes of at least 4 members (excludes halogenated alkanes) is 27. The van der Waals surface area contributed by atoms with E-state index in [0.29, 0.717) is 36.0 Å². The molecule has 0 unspecified atom stereocenters. The zero-order valence-corrected chi connectivity index (χ0v) is 44.7. The summed E-state index contributed by atoms with van der Waals surface area (Å²) in [5, 5.41) is 24.1. The van der Waals surface area contributed by atoms with Gasteiger partial charge in [0.05, 0.1) is 0 Å². The molecule has 0 aliphatic heterocycles. The number of carboxylic acid groups (broad SMARTS) is 2. The lowest BCUT2D eigenvalue weighted by molar-refractivity contribution is -0.138. The molecule has 16 heteroatoms. The van der Waals surface area contributed by atoms with E-state index >= 15 is 0 Å². The van der Waals surface area contributed by atoms with E-state index in [4.69, 9.17) is 56.3 Å². The summed E-state index contributed by atoms with van der Waals surface area (Å²) in [4.78, 5) is 37.1. The molecule has 0 saturated heterocycles. The molecule has 0 heterocycles. The van der Waals surface area contributed by atoms with E-state index in [9.17, 15) is 9.59 Å². The molecule has 0 aliphatic carbocycles. The van der Waals surface area contributed by atoms with Crippen LogP contribution in [0.4, 0.5) is 11.4 Å². The van der Waals surface area contributed by atoms with Crippen molar-refractivity contribution < 1.29 is 19.8 Å². The number of aliphatic imine (C=N–C) groups is 4. The molecule has 0 atom stereocenters. The summed E-state index contributed by atoms with van der Waals surface area (Å²) in [5.74, 6) is -0.745. The average Bonchev–Trinajstić information content (AvgIpc) is 3.32. The van der Waals surface area contributed by atoms with E-state index in [1.165, 1.54) is 141 Å². The summed E-state index contributed by atoms with van der Waals surface area (Å²) < 4.78 is 0. The fraction of sp³-hybridized carbons (Fsp3) is 0.667. The van der Waals surface area contributed by atoms with Crippen LogP contribution in [0.5, 0.6) is 0 Å². The first-order valence-electron chi connectivity index (χ1n) is 26.6. The fourth-order valence-electron chi connectivity index (χ4n) is 7.29. The number of halogens is 2. The lowest BCUT2D eigenvalue weighted by Crippen LogP contribution is -2.26. The minimum Gasteiger partial charge on any atom is -0.481 e. The van der Waals surface area contributed by atoms with Crippen molar-refractivity contribution in [3.05, 3.63) is 58.6 Å². The number of rotatable bonds is 37. The zero-order chi connectivity index (χ0) is 51.7. The fourth-order valence-corrected chi connectivity index (χ4v) is 7.54. The molecule has 398 valence electrons. The second-order valence-corrected chi connectivity index (χ2v) is 18.8. The molecule has 2 aromatic carbocycles. The van der Waals surface area contributed by atoms with Gasteiger partial charge in [-0.3, -0.25) is 19.6 Å². The number of guanidine groups is 4. The van der Waals surface area contributed by atoms with Crippen molar-refractivity contribution in [2.75, 3.05) is 23.7 Å². The van der Waals surface area contributed by atoms with E-state index in [2.05, 4.69) is 44.5 Å². The molecule has 70 heavy (non-hydrogen) atoms. The van der Waals surface area contributed by atoms with Crippen molar-refractivity contribution in [2.24, 2.45) is 42.9 Å². The number of carbonyl (C=O) groups is 2. The third kappa shape index (κ3) is 47.1. The Morgan fingerprint density at radius 3 is 0.914 bits per heavy atom. The molecule has 0 radical (unpaired) electrons. The Morgan fingerprint density at radius 1 is 0.414 bits per heavy atom. The van der Waals surface area contributed by atoms with Gasteiger partial charge in [-0.2, -0.15) is 9.98 Å². The number of carboxylic acids is 2. The Balaban J connectivity index is 0.00000112. The van der Waals surface area contributed by atoms with E-state index in [0.717, 1.165) is 62.7 Å². The molecule has 12 N–H and O–H groups in total. The first-order chi connectivity index (χ1) is 33.9. The van der Waals surface area contributed by atoms with Crippen LogP contribution in [0, 0.1) is 0 Å². The number of hydrogen-bond acceptors (Lipinski definition) is 4. The lowest BCUT2D eigenvalue weighted by atomic mass is 10.0. The van der Waals surface area contributed by atoms with Crippen LogP contribution < -0.4 is 33.6 Å². The van der Waals surface area contributed by atoms with Gasteiger partial charge in [-0.05, 0) is 74.2 Å². The monoisotopic (exact) mass is 1020 g/mol. The maximum Gasteiger partial charge on any atom is 0.303 e. The maximum atomic E-state index is 10.3. The normalized spacial score (nSPS) is 11.9. The predicted octanol–water partition coefficient (Wildman–Crippen LogP) is 14.4. The molecular weight excluding hydrogens is 924 g/mol. The standard InChI is InChI=1S/C22H30Cl2N10.2C16H32O2/c23-15-5-9-17(10-6-15)31-21(27)33-19(25)29-13-3-1-2-4-14-30-20(26)34-22(28)32-18-11-7-16(24)8-12-18;2*1-2-3-4-5-6-7-8-9-10-11-12-13-14-15-16(17)18/h5-12H,1-4,13-14H2,(H5,25,27,29,31,33)(H5,26,28,30,32,34);2*2-15H2,1H3,(H,17,18). The van der Waals surface area contributed by atoms with Gasteiger partial charge in [-0.1, -0.05) is 204 Å². The zero-order valence-electron chi connectivity index (χ0n) is 43.2. The summed E-state index contributed by atoms with van der Waals surface area (Å²) in [6, 6.07) is 14.1. The van der Waals surface area contributed by atoms with Crippen molar-refractivity contribution in [1.29, 1.82) is 0 Å². The van der Waals surface area contributed by atoms with Crippen LogP contribution in [0.2, 0.25) is 10.0 Å². The van der Waals surface area contributed by atoms with Crippen LogP contribution in [-0.4, -0.2) is 59.1 Å². The molecule has 0 aromatic heterocycles. The number of aliphatic carboxylic acids is 2. The van der Waals surface area contributed by atoms with Gasteiger partial charge < -0.3 is 43.8 Å². The van der Waals surface area contributed by atoms with Crippen molar-refractivity contribution >= 4 is 70.4 Å². The molecular formula is C54H94Cl2N10O4. The molecule has 2 rings (SSSR count). The summed E-state index contributed by atoms with van der Waals surface area (Å²) in [5.41, 5.74) is 24.8. The molecule has 0 spiro atoms. The van der Waals surface area contributed by atoms with Crippen LogP contribution in [-0.2, 0) is 9.59 Å². The number of benzene rings is 2. The molecule has 0 amide bonds. The Hall–Kier alpha value is -4.56. The number of hydrogen-bond donors (Lipinski definition) is 8. The van der Waals surface area contributed by atoms with Gasteiger partial charge in [0.25, 0.3) is 0 Å². The Bertz CT molecular complexity index is 1570.